The molecule has 0 aliphatic carbocycles. The third-order valence-electron chi connectivity index (χ3n) is 4.73. The van der Waals surface area contributed by atoms with E-state index in [9.17, 15) is 13.2 Å². The van der Waals surface area contributed by atoms with Crippen molar-refractivity contribution < 1.29 is 13.2 Å². The lowest BCUT2D eigenvalue weighted by Crippen LogP contribution is -2.52. The summed E-state index contributed by atoms with van der Waals surface area (Å²) < 4.78 is 28.3. The maximum Gasteiger partial charge on any atom is 0.243 e. The van der Waals surface area contributed by atoms with Gasteiger partial charge in [0.05, 0.1) is 4.90 Å². The fourth-order valence-electron chi connectivity index (χ4n) is 3.29. The van der Waals surface area contributed by atoms with Gasteiger partial charge in [-0.2, -0.15) is 4.31 Å². The van der Waals surface area contributed by atoms with Gasteiger partial charge in [-0.1, -0.05) is 52.7 Å². The topological polar surface area (TPSA) is 66.5 Å². The molecular formula is C20H23BrN2O3S. The van der Waals surface area contributed by atoms with Crippen LogP contribution >= 0.6 is 15.9 Å². The Bertz CT molecular complexity index is 870. The number of nitrogens with zero attached hydrogens (tertiary/aromatic N) is 1. The van der Waals surface area contributed by atoms with E-state index < -0.39 is 16.1 Å². The standard InChI is InChI=1S/C20H23BrN2O3S/c21-17-9-11-18(12-10-17)27(25,26)23-15-5-4-8-19(23)20(24)22-14-13-16-6-2-1-3-7-16/h1-3,6-7,9-12,19H,4-5,8,13-15H2,(H,22,24). The minimum absolute atomic E-state index is 0.216. The molecule has 0 spiro atoms. The van der Waals surface area contributed by atoms with Crippen LogP contribution in [0.15, 0.2) is 64.0 Å². The molecule has 0 saturated carbocycles. The fraction of sp³-hybridized carbons (Fsp3) is 0.350. The molecule has 7 heteroatoms. The molecule has 1 atom stereocenters. The largest absolute Gasteiger partial charge is 0.354 e. The predicted molar refractivity (Wildman–Crippen MR) is 109 cm³/mol. The summed E-state index contributed by atoms with van der Waals surface area (Å²) in [4.78, 5) is 12.9. The Balaban J connectivity index is 1.69. The maximum atomic E-state index is 13.0. The third kappa shape index (κ3) is 4.97. The number of amides is 1. The molecule has 2 aromatic carbocycles. The van der Waals surface area contributed by atoms with Gasteiger partial charge in [0.2, 0.25) is 15.9 Å². The fourth-order valence-corrected chi connectivity index (χ4v) is 5.21. The van der Waals surface area contributed by atoms with Gasteiger partial charge in [-0.15, -0.1) is 0 Å². The Labute approximate surface area is 169 Å². The number of rotatable bonds is 6. The van der Waals surface area contributed by atoms with Crippen molar-refractivity contribution in [2.45, 2.75) is 36.6 Å². The Morgan fingerprint density at radius 2 is 1.78 bits per heavy atom. The van der Waals surface area contributed by atoms with Crippen LogP contribution in [0, 0.1) is 0 Å². The molecule has 1 unspecified atom stereocenters. The van der Waals surface area contributed by atoms with Crippen LogP contribution in [0.4, 0.5) is 0 Å². The number of hydrogen-bond donors (Lipinski definition) is 1. The summed E-state index contributed by atoms with van der Waals surface area (Å²) in [6.45, 7) is 0.862. The van der Waals surface area contributed by atoms with Crippen LogP contribution < -0.4 is 5.32 Å². The van der Waals surface area contributed by atoms with Crippen LogP contribution in [-0.4, -0.2) is 37.8 Å². The first-order chi connectivity index (χ1) is 13.0. The number of benzene rings is 2. The predicted octanol–water partition coefficient (Wildman–Crippen LogP) is 3.35. The monoisotopic (exact) mass is 450 g/mol. The van der Waals surface area contributed by atoms with Gasteiger partial charge in [0.1, 0.15) is 6.04 Å². The number of carbonyl (C=O) groups excluding carboxylic acids is 1. The van der Waals surface area contributed by atoms with Crippen molar-refractivity contribution in [3.63, 3.8) is 0 Å². The molecule has 1 N–H and O–H groups in total. The highest BCUT2D eigenvalue weighted by molar-refractivity contribution is 9.10. The Hall–Kier alpha value is -1.70. The quantitative estimate of drug-likeness (QED) is 0.733. The van der Waals surface area contributed by atoms with Crippen LogP contribution in [0.5, 0.6) is 0 Å². The average molecular weight is 451 g/mol. The zero-order valence-electron chi connectivity index (χ0n) is 15.0. The number of carbonyl (C=O) groups is 1. The van der Waals surface area contributed by atoms with E-state index in [0.717, 1.165) is 29.3 Å². The van der Waals surface area contributed by atoms with Crippen molar-refractivity contribution in [1.29, 1.82) is 0 Å². The van der Waals surface area contributed by atoms with Crippen molar-refractivity contribution in [3.05, 3.63) is 64.6 Å². The summed E-state index contributed by atoms with van der Waals surface area (Å²) in [6, 6.07) is 15.8. The molecule has 1 fully saturated rings. The SMILES string of the molecule is O=C(NCCc1ccccc1)C1CCCCN1S(=O)(=O)c1ccc(Br)cc1. The lowest BCUT2D eigenvalue weighted by Gasteiger charge is -2.33. The molecule has 1 aliphatic rings. The van der Waals surface area contributed by atoms with Gasteiger partial charge in [-0.05, 0) is 49.1 Å². The maximum absolute atomic E-state index is 13.0. The van der Waals surface area contributed by atoms with Crippen LogP contribution in [0.3, 0.4) is 0 Å². The molecule has 2 aromatic rings. The molecule has 0 bridgehead atoms. The normalized spacial score (nSPS) is 18.2. The molecule has 1 amide bonds. The molecule has 5 nitrogen and oxygen atoms in total. The van der Waals surface area contributed by atoms with E-state index in [4.69, 9.17) is 0 Å². The zero-order chi connectivity index (χ0) is 19.3. The van der Waals surface area contributed by atoms with Crippen LogP contribution in [0.1, 0.15) is 24.8 Å². The molecule has 144 valence electrons. The Morgan fingerprint density at radius 3 is 2.48 bits per heavy atom. The summed E-state index contributed by atoms with van der Waals surface area (Å²) in [5.74, 6) is -0.216. The van der Waals surface area contributed by atoms with E-state index in [0.29, 0.717) is 19.5 Å². The van der Waals surface area contributed by atoms with Crippen molar-refractivity contribution in [2.75, 3.05) is 13.1 Å². The number of hydrogen-bond acceptors (Lipinski definition) is 3. The first kappa shape index (κ1) is 20.0. The minimum Gasteiger partial charge on any atom is -0.354 e. The number of sulfonamides is 1. The summed E-state index contributed by atoms with van der Waals surface area (Å²) in [7, 11) is -3.70. The summed E-state index contributed by atoms with van der Waals surface area (Å²) in [6.07, 6.45) is 2.89. The van der Waals surface area contributed by atoms with Crippen LogP contribution in [0.25, 0.3) is 0 Å². The van der Waals surface area contributed by atoms with Gasteiger partial charge in [-0.25, -0.2) is 8.42 Å². The molecule has 1 heterocycles. The first-order valence-electron chi connectivity index (χ1n) is 9.07. The second kappa shape index (κ2) is 8.99. The lowest BCUT2D eigenvalue weighted by molar-refractivity contribution is -0.125. The van der Waals surface area contributed by atoms with Crippen molar-refractivity contribution in [3.8, 4) is 0 Å². The minimum atomic E-state index is -3.70. The molecule has 3 rings (SSSR count). The van der Waals surface area contributed by atoms with E-state index in [1.165, 1.54) is 4.31 Å². The molecule has 1 aliphatic heterocycles. The number of piperidine rings is 1. The highest BCUT2D eigenvalue weighted by Gasteiger charge is 2.37. The molecule has 0 aromatic heterocycles. The number of nitrogens with one attached hydrogen (secondary N) is 1. The highest BCUT2D eigenvalue weighted by atomic mass is 79.9. The Morgan fingerprint density at radius 1 is 1.07 bits per heavy atom. The van der Waals surface area contributed by atoms with E-state index in [-0.39, 0.29) is 10.8 Å². The molecule has 1 saturated heterocycles. The first-order valence-corrected chi connectivity index (χ1v) is 11.3. The third-order valence-corrected chi connectivity index (χ3v) is 7.18. The smallest absolute Gasteiger partial charge is 0.243 e. The molecule has 27 heavy (non-hydrogen) atoms. The molecule has 0 radical (unpaired) electrons. The molecular weight excluding hydrogens is 428 g/mol. The van der Waals surface area contributed by atoms with Gasteiger partial charge in [0, 0.05) is 17.6 Å². The van der Waals surface area contributed by atoms with E-state index in [1.807, 2.05) is 30.3 Å². The summed E-state index contributed by atoms with van der Waals surface area (Å²) >= 11 is 3.32. The number of halogens is 1. The van der Waals surface area contributed by atoms with Crippen molar-refractivity contribution in [1.82, 2.24) is 9.62 Å². The van der Waals surface area contributed by atoms with Crippen molar-refractivity contribution in [2.24, 2.45) is 0 Å². The van der Waals surface area contributed by atoms with Gasteiger partial charge in [-0.3, -0.25) is 4.79 Å². The zero-order valence-corrected chi connectivity index (χ0v) is 17.4. The Kier molecular flexibility index (Phi) is 6.68. The van der Waals surface area contributed by atoms with Gasteiger partial charge < -0.3 is 5.32 Å². The van der Waals surface area contributed by atoms with Gasteiger partial charge >= 0.3 is 0 Å². The van der Waals surface area contributed by atoms with E-state index in [2.05, 4.69) is 21.2 Å². The van der Waals surface area contributed by atoms with Gasteiger partial charge in [0.25, 0.3) is 0 Å². The van der Waals surface area contributed by atoms with Crippen LogP contribution in [0.2, 0.25) is 0 Å². The van der Waals surface area contributed by atoms with Crippen molar-refractivity contribution >= 4 is 31.9 Å². The van der Waals surface area contributed by atoms with E-state index in [1.54, 1.807) is 24.3 Å². The highest BCUT2D eigenvalue weighted by Crippen LogP contribution is 2.26. The average Bonchev–Trinajstić information content (AvgIpc) is 2.69. The lowest BCUT2D eigenvalue weighted by atomic mass is 10.0. The van der Waals surface area contributed by atoms with Crippen LogP contribution in [-0.2, 0) is 21.2 Å². The van der Waals surface area contributed by atoms with Gasteiger partial charge in [0.15, 0.2) is 0 Å². The summed E-state index contributed by atoms with van der Waals surface area (Å²) in [5.41, 5.74) is 1.14. The second-order valence-electron chi connectivity index (χ2n) is 6.61. The summed E-state index contributed by atoms with van der Waals surface area (Å²) in [5, 5.41) is 2.91. The second-order valence-corrected chi connectivity index (χ2v) is 9.41. The van der Waals surface area contributed by atoms with E-state index >= 15 is 0 Å².